The van der Waals surface area contributed by atoms with Crippen LogP contribution in [-0.2, 0) is 16.1 Å². The molecule has 2 aliphatic carbocycles. The molecule has 2 aliphatic rings. The molecule has 5 heteroatoms. The van der Waals surface area contributed by atoms with E-state index in [0.29, 0.717) is 18.1 Å². The van der Waals surface area contributed by atoms with Crippen molar-refractivity contribution in [3.8, 4) is 11.5 Å². The first-order chi connectivity index (χ1) is 13.0. The van der Waals surface area contributed by atoms with E-state index < -0.39 is 5.97 Å². The summed E-state index contributed by atoms with van der Waals surface area (Å²) in [6, 6.07) is 13.9. The van der Waals surface area contributed by atoms with Crippen LogP contribution in [0.25, 0.3) is 0 Å². The van der Waals surface area contributed by atoms with Gasteiger partial charge in [-0.05, 0) is 67.3 Å². The maximum Gasteiger partial charge on any atom is 0.303 e. The number of halogens is 1. The molecule has 0 aromatic heterocycles. The first-order valence-corrected chi connectivity index (χ1v) is 9.34. The number of carbonyl (C=O) groups is 1. The number of para-hydroxylation sites is 1. The van der Waals surface area contributed by atoms with Gasteiger partial charge in [0.25, 0.3) is 0 Å². The molecule has 0 atom stereocenters. The maximum absolute atomic E-state index is 14.0. The van der Waals surface area contributed by atoms with Gasteiger partial charge in [-0.3, -0.25) is 4.79 Å². The lowest BCUT2D eigenvalue weighted by atomic mass is 9.81. The van der Waals surface area contributed by atoms with Crippen molar-refractivity contribution in [1.82, 2.24) is 0 Å². The minimum atomic E-state index is -0.736. The quantitative estimate of drug-likeness (QED) is 0.717. The van der Waals surface area contributed by atoms with Crippen LogP contribution in [-0.4, -0.2) is 16.7 Å². The molecule has 2 aromatic carbocycles. The zero-order chi connectivity index (χ0) is 18.9. The van der Waals surface area contributed by atoms with Gasteiger partial charge in [0.2, 0.25) is 0 Å². The fraction of sp³-hybridized carbons (Fsp3) is 0.409. The lowest BCUT2D eigenvalue weighted by molar-refractivity contribution is -0.139. The summed E-state index contributed by atoms with van der Waals surface area (Å²) in [6.07, 6.45) is 4.55. The molecule has 0 amide bonds. The normalized spacial score (nSPS) is 26.3. The smallest absolute Gasteiger partial charge is 0.303 e. The van der Waals surface area contributed by atoms with Gasteiger partial charge in [-0.15, -0.1) is 0 Å². The van der Waals surface area contributed by atoms with E-state index in [-0.39, 0.29) is 23.3 Å². The molecule has 0 unspecified atom stereocenters. The average Bonchev–Trinajstić information content (AvgIpc) is 3.16. The van der Waals surface area contributed by atoms with Crippen LogP contribution < -0.4 is 4.74 Å². The summed E-state index contributed by atoms with van der Waals surface area (Å²) in [5, 5.41) is 9.17. The van der Waals surface area contributed by atoms with Crippen LogP contribution in [0.4, 0.5) is 4.39 Å². The Hall–Kier alpha value is -2.40. The van der Waals surface area contributed by atoms with Crippen LogP contribution in [0.5, 0.6) is 11.5 Å². The number of carboxylic acid groups (broad SMARTS) is 1. The van der Waals surface area contributed by atoms with Gasteiger partial charge in [-0.1, -0.05) is 18.2 Å². The fourth-order valence-electron chi connectivity index (χ4n) is 4.65. The molecule has 2 aromatic rings. The molecule has 0 saturated heterocycles. The summed E-state index contributed by atoms with van der Waals surface area (Å²) in [5.41, 5.74) is 0.343. The SMILES string of the molecule is O=C(O)CC12CCC(OCc3cc(F)cc(Oc4ccccc4)c3)(CC1)C2. The Balaban J connectivity index is 1.42. The van der Waals surface area contributed by atoms with Crippen molar-refractivity contribution in [2.24, 2.45) is 5.41 Å². The third-order valence-electron chi connectivity index (χ3n) is 5.90. The van der Waals surface area contributed by atoms with Gasteiger partial charge in [0.1, 0.15) is 17.3 Å². The zero-order valence-corrected chi connectivity index (χ0v) is 15.1. The Labute approximate surface area is 157 Å². The van der Waals surface area contributed by atoms with Crippen LogP contribution in [0.1, 0.15) is 44.1 Å². The molecular weight excluding hydrogens is 347 g/mol. The number of fused-ring (bicyclic) bond motifs is 2. The topological polar surface area (TPSA) is 55.8 Å². The van der Waals surface area contributed by atoms with Crippen LogP contribution in [0.3, 0.4) is 0 Å². The molecule has 0 spiro atoms. The highest BCUT2D eigenvalue weighted by Gasteiger charge is 2.55. The van der Waals surface area contributed by atoms with Gasteiger partial charge >= 0.3 is 5.97 Å². The molecule has 1 N–H and O–H groups in total. The summed E-state index contributed by atoms with van der Waals surface area (Å²) in [7, 11) is 0. The zero-order valence-electron chi connectivity index (χ0n) is 15.1. The van der Waals surface area contributed by atoms with E-state index in [1.54, 1.807) is 6.07 Å². The molecule has 2 saturated carbocycles. The summed E-state index contributed by atoms with van der Waals surface area (Å²) in [6.45, 7) is 0.298. The van der Waals surface area contributed by atoms with Crippen molar-refractivity contribution in [2.75, 3.05) is 0 Å². The monoisotopic (exact) mass is 370 g/mol. The first-order valence-electron chi connectivity index (χ1n) is 9.34. The molecule has 4 nitrogen and oxygen atoms in total. The van der Waals surface area contributed by atoms with Crippen molar-refractivity contribution in [3.05, 3.63) is 59.9 Å². The number of rotatable bonds is 7. The lowest BCUT2D eigenvalue weighted by Crippen LogP contribution is -2.26. The van der Waals surface area contributed by atoms with Crippen molar-refractivity contribution in [2.45, 2.75) is 50.7 Å². The summed E-state index contributed by atoms with van der Waals surface area (Å²) < 4.78 is 26.0. The second-order valence-corrected chi connectivity index (χ2v) is 7.93. The lowest BCUT2D eigenvalue weighted by Gasteiger charge is -2.27. The number of hydrogen-bond donors (Lipinski definition) is 1. The molecule has 27 heavy (non-hydrogen) atoms. The second kappa shape index (κ2) is 6.97. The van der Waals surface area contributed by atoms with Crippen LogP contribution in [0, 0.1) is 11.2 Å². The number of aliphatic carboxylic acids is 1. The predicted octanol–water partition coefficient (Wildman–Crippen LogP) is 5.31. The highest BCUT2D eigenvalue weighted by Crippen LogP contribution is 2.60. The molecule has 0 radical (unpaired) electrons. The molecule has 0 aliphatic heterocycles. The van der Waals surface area contributed by atoms with Crippen LogP contribution >= 0.6 is 0 Å². The maximum atomic E-state index is 14.0. The van der Waals surface area contributed by atoms with Crippen molar-refractivity contribution < 1.29 is 23.8 Å². The van der Waals surface area contributed by atoms with Gasteiger partial charge < -0.3 is 14.6 Å². The standard InChI is InChI=1S/C22H23FO4/c23-17-10-16(11-19(12-17)27-18-4-2-1-3-5-18)14-26-22-8-6-21(15-22,7-9-22)13-20(24)25/h1-5,10-12H,6-9,13-15H2,(H,24,25). The summed E-state index contributed by atoms with van der Waals surface area (Å²) in [4.78, 5) is 11.2. The highest BCUT2D eigenvalue weighted by molar-refractivity contribution is 5.68. The molecule has 0 heterocycles. The van der Waals surface area contributed by atoms with E-state index in [1.807, 2.05) is 30.3 Å². The van der Waals surface area contributed by atoms with Gasteiger partial charge in [0.05, 0.1) is 18.6 Å². The highest BCUT2D eigenvalue weighted by atomic mass is 19.1. The number of benzene rings is 2. The first kappa shape index (κ1) is 18.0. The van der Waals surface area contributed by atoms with E-state index in [1.165, 1.54) is 12.1 Å². The van der Waals surface area contributed by atoms with Crippen molar-refractivity contribution in [1.29, 1.82) is 0 Å². The Morgan fingerprint density at radius 1 is 1.04 bits per heavy atom. The third kappa shape index (κ3) is 3.98. The largest absolute Gasteiger partial charge is 0.481 e. The van der Waals surface area contributed by atoms with Gasteiger partial charge in [0.15, 0.2) is 0 Å². The Bertz CT molecular complexity index is 825. The average molecular weight is 370 g/mol. The Morgan fingerprint density at radius 3 is 2.48 bits per heavy atom. The Morgan fingerprint density at radius 2 is 1.78 bits per heavy atom. The summed E-state index contributed by atoms with van der Waals surface area (Å²) >= 11 is 0. The number of carboxylic acids is 1. The molecule has 2 fully saturated rings. The van der Waals surface area contributed by atoms with Crippen LogP contribution in [0.2, 0.25) is 0 Å². The van der Waals surface area contributed by atoms with Crippen LogP contribution in [0.15, 0.2) is 48.5 Å². The molecule has 2 bridgehead atoms. The van der Waals surface area contributed by atoms with E-state index in [4.69, 9.17) is 14.6 Å². The number of hydrogen-bond acceptors (Lipinski definition) is 3. The van der Waals surface area contributed by atoms with Gasteiger partial charge in [-0.2, -0.15) is 0 Å². The Kier molecular flexibility index (Phi) is 4.64. The fourth-order valence-corrected chi connectivity index (χ4v) is 4.65. The number of ether oxygens (including phenoxy) is 2. The minimum Gasteiger partial charge on any atom is -0.481 e. The molecule has 4 rings (SSSR count). The van der Waals surface area contributed by atoms with E-state index in [0.717, 1.165) is 37.7 Å². The predicted molar refractivity (Wildman–Crippen MR) is 98.2 cm³/mol. The summed E-state index contributed by atoms with van der Waals surface area (Å²) in [5.74, 6) is -0.00731. The van der Waals surface area contributed by atoms with E-state index in [2.05, 4.69) is 0 Å². The minimum absolute atomic E-state index is 0.116. The van der Waals surface area contributed by atoms with Gasteiger partial charge in [-0.25, -0.2) is 4.39 Å². The third-order valence-corrected chi connectivity index (χ3v) is 5.90. The van der Waals surface area contributed by atoms with Gasteiger partial charge in [0, 0.05) is 6.07 Å². The molecular formula is C22H23FO4. The molecule has 142 valence electrons. The van der Waals surface area contributed by atoms with Crippen molar-refractivity contribution >= 4 is 5.97 Å². The van der Waals surface area contributed by atoms with E-state index >= 15 is 0 Å². The van der Waals surface area contributed by atoms with Crippen molar-refractivity contribution in [3.63, 3.8) is 0 Å². The second-order valence-electron chi connectivity index (χ2n) is 7.93. The van der Waals surface area contributed by atoms with E-state index in [9.17, 15) is 9.18 Å².